The second-order valence-corrected chi connectivity index (χ2v) is 7.04. The number of methoxy groups -OCH3 is 2. The van der Waals surface area contributed by atoms with Crippen molar-refractivity contribution in [2.45, 2.75) is 26.2 Å². The third-order valence-corrected chi connectivity index (χ3v) is 4.69. The number of unbranched alkanes of at least 4 members (excludes halogenated alkanes) is 1. The maximum Gasteiger partial charge on any atom is 0.335 e. The Bertz CT molecular complexity index is 1060. The Kier molecular flexibility index (Phi) is 9.70. The van der Waals surface area contributed by atoms with Crippen molar-refractivity contribution in [1.29, 1.82) is 0 Å². The van der Waals surface area contributed by atoms with Gasteiger partial charge in [0.05, 0.1) is 25.5 Å². The molecule has 0 amide bonds. The number of carbonyl (C=O) groups is 1. The Morgan fingerprint density at radius 2 is 1.91 bits per heavy atom. The van der Waals surface area contributed by atoms with E-state index >= 15 is 0 Å². The van der Waals surface area contributed by atoms with Crippen LogP contribution in [0.1, 0.15) is 47.9 Å². The summed E-state index contributed by atoms with van der Waals surface area (Å²) in [6.45, 7) is 6.11. The molecule has 0 bridgehead atoms. The van der Waals surface area contributed by atoms with Crippen molar-refractivity contribution in [3.8, 4) is 0 Å². The van der Waals surface area contributed by atoms with Crippen LogP contribution in [-0.2, 0) is 9.47 Å². The summed E-state index contributed by atoms with van der Waals surface area (Å²) in [5, 5.41) is 9.07. The van der Waals surface area contributed by atoms with Crippen molar-refractivity contribution in [2.24, 2.45) is 10.7 Å². The monoisotopic (exact) mass is 450 g/mol. The van der Waals surface area contributed by atoms with Crippen molar-refractivity contribution in [2.75, 3.05) is 14.2 Å². The van der Waals surface area contributed by atoms with Crippen molar-refractivity contribution in [3.63, 3.8) is 0 Å². The highest BCUT2D eigenvalue weighted by atomic mass is 16.5. The molecule has 33 heavy (non-hydrogen) atoms. The van der Waals surface area contributed by atoms with E-state index in [1.807, 2.05) is 0 Å². The van der Waals surface area contributed by atoms with Gasteiger partial charge in [0.25, 0.3) is 0 Å². The zero-order valence-electron chi connectivity index (χ0n) is 19.2. The number of benzene rings is 1. The summed E-state index contributed by atoms with van der Waals surface area (Å²) in [7, 11) is 3.21. The molecule has 1 aromatic heterocycles. The van der Waals surface area contributed by atoms with Crippen molar-refractivity contribution in [1.82, 2.24) is 9.97 Å². The summed E-state index contributed by atoms with van der Waals surface area (Å²) in [4.78, 5) is 22.9. The molecule has 0 radical (unpaired) electrons. The number of nitrogens with zero attached hydrogens (tertiary/aromatic N) is 2. The molecule has 4 N–H and O–H groups in total. The number of rotatable bonds is 12. The lowest BCUT2D eigenvalue weighted by atomic mass is 10.1. The normalized spacial score (nSPS) is 13.1. The molecule has 0 aliphatic rings. The van der Waals surface area contributed by atoms with Gasteiger partial charge in [0, 0.05) is 24.5 Å². The summed E-state index contributed by atoms with van der Waals surface area (Å²) in [6, 6.07) is 6.27. The zero-order chi connectivity index (χ0) is 24.2. The smallest absolute Gasteiger partial charge is 0.335 e. The van der Waals surface area contributed by atoms with Crippen LogP contribution in [0.25, 0.3) is 5.70 Å². The van der Waals surface area contributed by atoms with Gasteiger partial charge in [-0.25, -0.2) is 14.8 Å². The Balaban J connectivity index is 2.33. The van der Waals surface area contributed by atoms with E-state index in [0.29, 0.717) is 34.3 Å². The van der Waals surface area contributed by atoms with Crippen LogP contribution >= 0.6 is 0 Å². The van der Waals surface area contributed by atoms with E-state index in [1.54, 1.807) is 57.0 Å². The number of H-pyrrole nitrogens is 1. The van der Waals surface area contributed by atoms with Gasteiger partial charge in [-0.15, -0.1) is 0 Å². The van der Waals surface area contributed by atoms with Crippen molar-refractivity contribution < 1.29 is 19.4 Å². The first-order valence-electron chi connectivity index (χ1n) is 10.5. The van der Waals surface area contributed by atoms with Crippen molar-refractivity contribution >= 4 is 17.4 Å². The molecule has 2 rings (SSSR count). The minimum atomic E-state index is -0.999. The molecule has 0 atom stereocenters. The fourth-order valence-corrected chi connectivity index (χ4v) is 2.90. The number of imidazole rings is 1. The molecular formula is C25H30N4O4. The van der Waals surface area contributed by atoms with Gasteiger partial charge >= 0.3 is 5.97 Å². The number of allylic oxidation sites excluding steroid dienone is 4. The number of hydrogen-bond donors (Lipinski definition) is 3. The van der Waals surface area contributed by atoms with E-state index < -0.39 is 5.97 Å². The van der Waals surface area contributed by atoms with Gasteiger partial charge in [0.1, 0.15) is 11.5 Å². The number of hydrogen-bond acceptors (Lipinski definition) is 6. The summed E-state index contributed by atoms with van der Waals surface area (Å²) in [5.74, 6) is 0.876. The van der Waals surface area contributed by atoms with Crippen LogP contribution in [0, 0.1) is 0 Å². The molecular weight excluding hydrogens is 420 g/mol. The van der Waals surface area contributed by atoms with Gasteiger partial charge in [-0.2, -0.15) is 0 Å². The van der Waals surface area contributed by atoms with Gasteiger partial charge in [-0.05, 0) is 42.3 Å². The molecule has 0 fully saturated rings. The number of ether oxygens (including phenoxy) is 2. The summed E-state index contributed by atoms with van der Waals surface area (Å²) < 4.78 is 10.9. The van der Waals surface area contributed by atoms with Gasteiger partial charge < -0.3 is 25.3 Å². The van der Waals surface area contributed by atoms with E-state index in [-0.39, 0.29) is 5.56 Å². The third kappa shape index (κ3) is 7.53. The van der Waals surface area contributed by atoms with Gasteiger partial charge in [0.15, 0.2) is 11.6 Å². The zero-order valence-corrected chi connectivity index (χ0v) is 19.2. The second kappa shape index (κ2) is 12.7. The summed E-state index contributed by atoms with van der Waals surface area (Å²) in [6.07, 6.45) is 11.2. The molecule has 0 saturated carbocycles. The Hall–Kier alpha value is -4.07. The highest BCUT2D eigenvalue weighted by Crippen LogP contribution is 2.17. The van der Waals surface area contributed by atoms with Crippen LogP contribution in [-0.4, -0.2) is 41.0 Å². The van der Waals surface area contributed by atoms with Crippen LogP contribution < -0.4 is 5.73 Å². The molecule has 0 aliphatic heterocycles. The largest absolute Gasteiger partial charge is 0.497 e. The second-order valence-electron chi connectivity index (χ2n) is 7.04. The molecule has 174 valence electrons. The fourth-order valence-electron chi connectivity index (χ4n) is 2.90. The number of aromatic carboxylic acids is 1. The molecule has 1 aromatic carbocycles. The molecule has 8 nitrogen and oxygen atoms in total. The number of nitrogens with one attached hydrogen (secondary N) is 1. The molecule has 0 unspecified atom stereocenters. The number of aliphatic imine (C=N–C) groups is 1. The third-order valence-electron chi connectivity index (χ3n) is 4.69. The van der Waals surface area contributed by atoms with Gasteiger partial charge in [0.2, 0.25) is 0 Å². The maximum atomic E-state index is 11.1. The molecule has 0 aliphatic carbocycles. The average Bonchev–Trinajstić information content (AvgIpc) is 3.35. The molecule has 8 heteroatoms. The fraction of sp³-hybridized carbons (Fsp3) is 0.240. The van der Waals surface area contributed by atoms with Gasteiger partial charge in [-0.1, -0.05) is 32.1 Å². The number of aromatic nitrogens is 2. The lowest BCUT2D eigenvalue weighted by Gasteiger charge is -2.10. The first-order valence-corrected chi connectivity index (χ1v) is 10.5. The standard InChI is InChI=1S/C25H30N4O4/c1-5-6-7-22(32-3)23(33-4)13-8-17(2)29-21(24-27-14-15-28-24)16-20(26)18-9-11-19(12-10-18)25(30)31/h8-16H,2,5-7,26H2,1,3-4H3,(H,27,28)(H,30,31)/b13-8-,20-16-,23-22-,29-21?. The highest BCUT2D eigenvalue weighted by molar-refractivity contribution is 6.10. The molecule has 0 spiro atoms. The lowest BCUT2D eigenvalue weighted by Crippen LogP contribution is -2.06. The molecule has 2 aromatic rings. The SMILES string of the molecule is C=C(/C=C\C(OC)=C(/CCCC)OC)N=C(/C=C(\N)c1ccc(C(=O)O)cc1)c1ncc[nH]1. The molecule has 1 heterocycles. The number of nitrogens with two attached hydrogens (primary N) is 1. The topological polar surface area (TPSA) is 123 Å². The van der Waals surface area contributed by atoms with Crippen LogP contribution in [0.15, 0.2) is 83.7 Å². The number of carboxylic acid groups (broad SMARTS) is 1. The predicted octanol–water partition coefficient (Wildman–Crippen LogP) is 4.66. The highest BCUT2D eigenvalue weighted by Gasteiger charge is 2.09. The number of aromatic amines is 1. The van der Waals surface area contributed by atoms with Gasteiger partial charge in [-0.3, -0.25) is 0 Å². The average molecular weight is 451 g/mol. The van der Waals surface area contributed by atoms with Crippen molar-refractivity contribution in [3.05, 3.63) is 95.6 Å². The van der Waals surface area contributed by atoms with E-state index in [9.17, 15) is 4.79 Å². The quantitative estimate of drug-likeness (QED) is 0.245. The maximum absolute atomic E-state index is 11.1. The van der Waals surface area contributed by atoms with Crippen LogP contribution in [0.4, 0.5) is 0 Å². The lowest BCUT2D eigenvalue weighted by molar-refractivity contribution is 0.0697. The van der Waals surface area contributed by atoms with E-state index in [4.69, 9.17) is 20.3 Å². The van der Waals surface area contributed by atoms with E-state index in [0.717, 1.165) is 25.0 Å². The van der Waals surface area contributed by atoms with Crippen LogP contribution in [0.2, 0.25) is 0 Å². The van der Waals surface area contributed by atoms with Crippen LogP contribution in [0.5, 0.6) is 0 Å². The Labute approximate surface area is 193 Å². The summed E-state index contributed by atoms with van der Waals surface area (Å²) >= 11 is 0. The Morgan fingerprint density at radius 3 is 2.45 bits per heavy atom. The first-order chi connectivity index (χ1) is 15.9. The minimum Gasteiger partial charge on any atom is -0.497 e. The van der Waals surface area contributed by atoms with E-state index in [2.05, 4.69) is 28.5 Å². The van der Waals surface area contributed by atoms with E-state index in [1.165, 1.54) is 12.1 Å². The summed E-state index contributed by atoms with van der Waals surface area (Å²) in [5.41, 5.74) is 8.41. The minimum absolute atomic E-state index is 0.182. The molecule has 0 saturated heterocycles. The number of carboxylic acids is 1. The Morgan fingerprint density at radius 1 is 1.21 bits per heavy atom. The first kappa shape index (κ1) is 25.2. The van der Waals surface area contributed by atoms with Crippen LogP contribution in [0.3, 0.4) is 0 Å². The predicted molar refractivity (Wildman–Crippen MR) is 130 cm³/mol.